The summed E-state index contributed by atoms with van der Waals surface area (Å²) in [5.74, 6) is -4.40. The highest BCUT2D eigenvalue weighted by Crippen LogP contribution is 2.31. The van der Waals surface area contributed by atoms with Crippen LogP contribution in [0.15, 0.2) is 30.4 Å². The summed E-state index contributed by atoms with van der Waals surface area (Å²) in [4.78, 5) is 83.5. The number of ether oxygens (including phenoxy) is 7. The molecular formula is C36H50N4O18. The third kappa shape index (κ3) is 16.8. The molecule has 58 heavy (non-hydrogen) atoms. The van der Waals surface area contributed by atoms with E-state index >= 15 is 0 Å². The minimum atomic E-state index is -1.94. The predicted octanol–water partition coefficient (Wildman–Crippen LogP) is -2.65. The number of imide groups is 1. The Balaban J connectivity index is 1.22. The lowest BCUT2D eigenvalue weighted by atomic mass is 9.99. The smallest absolute Gasteiger partial charge is 0.335 e. The molecule has 1 aromatic rings. The van der Waals surface area contributed by atoms with Gasteiger partial charge in [-0.25, -0.2) is 4.79 Å². The SMILES string of the molecule is CC(=O)OCc1ccc(O[C@@H]2O[C@H](C(=O)O)[C@@H](O)[C@H](O)[C@H]2O)c(NC(=O)CCNC(=O)CCOCCOCCOCCOCCNC(=O)CCN2C(=O)C=CC2=O)c1. The van der Waals surface area contributed by atoms with Crippen LogP contribution in [0.2, 0.25) is 0 Å². The van der Waals surface area contributed by atoms with Crippen molar-refractivity contribution in [3.05, 3.63) is 35.9 Å². The van der Waals surface area contributed by atoms with Crippen molar-refractivity contribution in [1.82, 2.24) is 15.5 Å². The molecular weight excluding hydrogens is 776 g/mol. The molecule has 22 heteroatoms. The number of nitrogens with one attached hydrogen (secondary N) is 3. The maximum Gasteiger partial charge on any atom is 0.335 e. The molecule has 2 aliphatic heterocycles. The summed E-state index contributed by atoms with van der Waals surface area (Å²) in [7, 11) is 0. The molecule has 2 aliphatic rings. The molecule has 0 saturated carbocycles. The van der Waals surface area contributed by atoms with Crippen molar-refractivity contribution in [2.24, 2.45) is 0 Å². The third-order valence-corrected chi connectivity index (χ3v) is 8.11. The van der Waals surface area contributed by atoms with E-state index in [1.54, 1.807) is 0 Å². The summed E-state index contributed by atoms with van der Waals surface area (Å²) in [6.45, 7) is 3.38. The van der Waals surface area contributed by atoms with Gasteiger partial charge in [0.1, 0.15) is 30.7 Å². The van der Waals surface area contributed by atoms with Crippen molar-refractivity contribution < 1.29 is 87.1 Å². The summed E-state index contributed by atoms with van der Waals surface area (Å²) in [5, 5.41) is 47.6. The number of carbonyl (C=O) groups is 7. The van der Waals surface area contributed by atoms with Gasteiger partial charge in [-0.1, -0.05) is 6.07 Å². The molecule has 322 valence electrons. The number of carboxylic acid groups (broad SMARTS) is 1. The molecule has 0 bridgehead atoms. The molecule has 1 aromatic carbocycles. The van der Waals surface area contributed by atoms with E-state index in [0.717, 1.165) is 17.1 Å². The zero-order valence-corrected chi connectivity index (χ0v) is 31.8. The van der Waals surface area contributed by atoms with Gasteiger partial charge in [-0.2, -0.15) is 0 Å². The van der Waals surface area contributed by atoms with Gasteiger partial charge in [0.2, 0.25) is 24.0 Å². The number of hydrogen-bond donors (Lipinski definition) is 7. The lowest BCUT2D eigenvalue weighted by Gasteiger charge is -2.38. The van der Waals surface area contributed by atoms with Gasteiger partial charge in [-0.05, 0) is 17.7 Å². The van der Waals surface area contributed by atoms with E-state index < -0.39 is 60.4 Å². The quantitative estimate of drug-likeness (QED) is 0.0271. The first-order valence-electron chi connectivity index (χ1n) is 18.3. The van der Waals surface area contributed by atoms with Crippen molar-refractivity contribution in [3.63, 3.8) is 0 Å². The van der Waals surface area contributed by atoms with Crippen molar-refractivity contribution in [2.45, 2.75) is 63.5 Å². The van der Waals surface area contributed by atoms with Crippen LogP contribution in [0.3, 0.4) is 0 Å². The second kappa shape index (κ2) is 25.3. The van der Waals surface area contributed by atoms with Crippen LogP contribution < -0.4 is 20.7 Å². The average molecular weight is 827 g/mol. The van der Waals surface area contributed by atoms with Crippen LogP contribution >= 0.6 is 0 Å². The highest BCUT2D eigenvalue weighted by Gasteiger charge is 2.48. The molecule has 0 aromatic heterocycles. The van der Waals surface area contributed by atoms with Crippen molar-refractivity contribution in [2.75, 3.05) is 77.8 Å². The largest absolute Gasteiger partial charge is 0.479 e. The molecule has 1 fully saturated rings. The maximum atomic E-state index is 12.8. The molecule has 2 heterocycles. The van der Waals surface area contributed by atoms with Crippen LogP contribution in [0.5, 0.6) is 5.75 Å². The summed E-state index contributed by atoms with van der Waals surface area (Å²) in [5.41, 5.74) is 0.444. The zero-order valence-electron chi connectivity index (χ0n) is 31.8. The summed E-state index contributed by atoms with van der Waals surface area (Å²) in [6, 6.07) is 4.20. The second-order valence-corrected chi connectivity index (χ2v) is 12.6. The minimum Gasteiger partial charge on any atom is -0.479 e. The number of nitrogens with zero attached hydrogens (tertiary/aromatic N) is 1. The number of aliphatic hydroxyl groups is 3. The summed E-state index contributed by atoms with van der Waals surface area (Å²) >= 11 is 0. The van der Waals surface area contributed by atoms with Crippen LogP contribution in [0.25, 0.3) is 0 Å². The fourth-order valence-corrected chi connectivity index (χ4v) is 5.09. The Kier molecular flexibility index (Phi) is 20.7. The van der Waals surface area contributed by atoms with Gasteiger partial charge in [-0.15, -0.1) is 0 Å². The Labute approximate surface area is 332 Å². The molecule has 5 amide bonds. The van der Waals surface area contributed by atoms with E-state index in [4.69, 9.17) is 33.2 Å². The number of aliphatic hydroxyl groups excluding tert-OH is 3. The van der Waals surface area contributed by atoms with E-state index in [1.807, 2.05) is 0 Å². The highest BCUT2D eigenvalue weighted by molar-refractivity contribution is 6.13. The van der Waals surface area contributed by atoms with E-state index in [2.05, 4.69) is 16.0 Å². The molecule has 0 spiro atoms. The van der Waals surface area contributed by atoms with Gasteiger partial charge in [0.05, 0.1) is 58.5 Å². The Morgan fingerprint density at radius 1 is 0.724 bits per heavy atom. The molecule has 7 N–H and O–H groups in total. The minimum absolute atomic E-state index is 0.00299. The fourth-order valence-electron chi connectivity index (χ4n) is 5.09. The number of amides is 5. The van der Waals surface area contributed by atoms with Crippen molar-refractivity contribution in [1.29, 1.82) is 0 Å². The zero-order chi connectivity index (χ0) is 42.5. The monoisotopic (exact) mass is 826 g/mol. The Bertz CT molecular complexity index is 1570. The first kappa shape index (κ1) is 47.3. The van der Waals surface area contributed by atoms with Gasteiger partial charge in [0.25, 0.3) is 11.8 Å². The lowest BCUT2D eigenvalue weighted by Crippen LogP contribution is -2.61. The molecule has 0 aliphatic carbocycles. The number of carboxylic acids is 1. The molecule has 22 nitrogen and oxygen atoms in total. The molecule has 0 radical (unpaired) electrons. The molecule has 0 unspecified atom stereocenters. The topological polar surface area (TPSA) is 304 Å². The van der Waals surface area contributed by atoms with Gasteiger partial charge in [0, 0.05) is 58.0 Å². The standard InChI is InChI=1S/C36H50N4O18/c1-22(41)56-21-23-2-3-25(57-36-33(49)31(47)32(48)34(58-36)35(50)51)24(20-23)39-28(44)6-9-37-27(43)8-12-52-14-16-54-18-19-55-17-15-53-13-10-38-26(42)7-11-40-29(45)4-5-30(40)46/h2-5,20,31-34,36,47-49H,6-19,21H2,1H3,(H,37,43)(H,38,42)(H,39,44)(H,50,51)/t31-,32-,33+,34-,36+/m0/s1. The Morgan fingerprint density at radius 3 is 1.93 bits per heavy atom. The third-order valence-electron chi connectivity index (χ3n) is 8.11. The summed E-state index contributed by atoms with van der Waals surface area (Å²) < 4.78 is 37.3. The van der Waals surface area contributed by atoms with Crippen LogP contribution in [0.1, 0.15) is 31.7 Å². The first-order valence-corrected chi connectivity index (χ1v) is 18.3. The second-order valence-electron chi connectivity index (χ2n) is 12.6. The average Bonchev–Trinajstić information content (AvgIpc) is 3.50. The van der Waals surface area contributed by atoms with Crippen LogP contribution in [0.4, 0.5) is 5.69 Å². The summed E-state index contributed by atoms with van der Waals surface area (Å²) in [6.07, 6.45) is -7.22. The van der Waals surface area contributed by atoms with Crippen LogP contribution in [-0.2, 0) is 68.6 Å². The Morgan fingerprint density at radius 2 is 1.31 bits per heavy atom. The van der Waals surface area contributed by atoms with Gasteiger partial charge in [0.15, 0.2) is 6.10 Å². The van der Waals surface area contributed by atoms with E-state index in [1.165, 1.54) is 25.1 Å². The molecule has 5 atom stereocenters. The number of rotatable bonds is 27. The maximum absolute atomic E-state index is 12.8. The normalized spacial score (nSPS) is 20.1. The van der Waals surface area contributed by atoms with Crippen molar-refractivity contribution in [3.8, 4) is 5.75 Å². The number of benzene rings is 1. The number of carbonyl (C=O) groups excluding carboxylic acids is 6. The van der Waals surface area contributed by atoms with Gasteiger partial charge < -0.3 is 69.5 Å². The van der Waals surface area contributed by atoms with Crippen molar-refractivity contribution >= 4 is 47.2 Å². The molecule has 1 saturated heterocycles. The van der Waals surface area contributed by atoms with E-state index in [0.29, 0.717) is 32.0 Å². The van der Waals surface area contributed by atoms with Gasteiger partial charge in [-0.3, -0.25) is 33.7 Å². The van der Waals surface area contributed by atoms with E-state index in [-0.39, 0.29) is 95.2 Å². The number of anilines is 1. The number of hydrogen-bond acceptors (Lipinski definition) is 17. The predicted molar refractivity (Wildman–Crippen MR) is 194 cm³/mol. The highest BCUT2D eigenvalue weighted by atomic mass is 16.7. The Hall–Kier alpha value is -5.07. The first-order chi connectivity index (χ1) is 27.8. The van der Waals surface area contributed by atoms with Crippen LogP contribution in [-0.4, -0.2) is 170 Å². The van der Waals surface area contributed by atoms with E-state index in [9.17, 15) is 54.0 Å². The lowest BCUT2D eigenvalue weighted by molar-refractivity contribution is -0.271. The van der Waals surface area contributed by atoms with Crippen LogP contribution in [0, 0.1) is 0 Å². The van der Waals surface area contributed by atoms with Gasteiger partial charge >= 0.3 is 11.9 Å². The fraction of sp³-hybridized carbons (Fsp3) is 0.583. The molecule has 3 rings (SSSR count). The number of esters is 1. The number of aliphatic carboxylic acids is 1.